The molecule has 1 aromatic carbocycles. The fourth-order valence-corrected chi connectivity index (χ4v) is 3.15. The first-order chi connectivity index (χ1) is 11.5. The molecule has 1 unspecified atom stereocenters. The quantitative estimate of drug-likeness (QED) is 0.763. The SMILES string of the molecule is CSc1ccc(CNC(=O)C2CCC(=O)N(CCN(C)C)C2)cc1. The van der Waals surface area contributed by atoms with Gasteiger partial charge in [0.2, 0.25) is 11.8 Å². The number of likely N-dealkylation sites (tertiary alicyclic amines) is 1. The van der Waals surface area contributed by atoms with Gasteiger partial charge < -0.3 is 15.1 Å². The van der Waals surface area contributed by atoms with Crippen molar-refractivity contribution in [2.45, 2.75) is 24.3 Å². The highest BCUT2D eigenvalue weighted by atomic mass is 32.2. The maximum atomic E-state index is 12.4. The van der Waals surface area contributed by atoms with Crippen LogP contribution >= 0.6 is 11.8 Å². The summed E-state index contributed by atoms with van der Waals surface area (Å²) in [6, 6.07) is 8.21. The van der Waals surface area contributed by atoms with Gasteiger partial charge in [-0.05, 0) is 44.5 Å². The van der Waals surface area contributed by atoms with E-state index in [4.69, 9.17) is 0 Å². The predicted octanol–water partition coefficient (Wildman–Crippen LogP) is 1.82. The van der Waals surface area contributed by atoms with E-state index in [1.54, 1.807) is 11.8 Å². The molecule has 24 heavy (non-hydrogen) atoms. The van der Waals surface area contributed by atoms with Crippen LogP contribution in [-0.2, 0) is 16.1 Å². The van der Waals surface area contributed by atoms with Gasteiger partial charge in [0.1, 0.15) is 0 Å². The van der Waals surface area contributed by atoms with Gasteiger partial charge in [0, 0.05) is 37.5 Å². The van der Waals surface area contributed by atoms with Crippen molar-refractivity contribution < 1.29 is 9.59 Å². The van der Waals surface area contributed by atoms with E-state index in [0.29, 0.717) is 32.5 Å². The first kappa shape index (κ1) is 18.8. The number of piperidine rings is 1. The molecule has 1 saturated heterocycles. The van der Waals surface area contributed by atoms with E-state index in [1.165, 1.54) is 4.90 Å². The molecule has 5 nitrogen and oxygen atoms in total. The maximum absolute atomic E-state index is 12.4. The van der Waals surface area contributed by atoms with E-state index in [9.17, 15) is 9.59 Å². The average molecular weight is 350 g/mol. The highest BCUT2D eigenvalue weighted by Crippen LogP contribution is 2.18. The molecule has 1 aliphatic heterocycles. The predicted molar refractivity (Wildman–Crippen MR) is 97.9 cm³/mol. The van der Waals surface area contributed by atoms with Crippen LogP contribution < -0.4 is 5.32 Å². The number of nitrogens with zero attached hydrogens (tertiary/aromatic N) is 2. The minimum absolute atomic E-state index is 0.0475. The molecule has 2 amide bonds. The molecule has 0 radical (unpaired) electrons. The number of rotatable bonds is 7. The normalized spacial score (nSPS) is 18.1. The minimum Gasteiger partial charge on any atom is -0.352 e. The summed E-state index contributed by atoms with van der Waals surface area (Å²) in [5.74, 6) is 0.107. The smallest absolute Gasteiger partial charge is 0.225 e. The first-order valence-corrected chi connectivity index (χ1v) is 9.55. The monoisotopic (exact) mass is 349 g/mol. The van der Waals surface area contributed by atoms with Crippen molar-refractivity contribution in [2.75, 3.05) is 40.0 Å². The fourth-order valence-electron chi connectivity index (χ4n) is 2.74. The fraction of sp³-hybridized carbons (Fsp3) is 0.556. The molecule has 1 aromatic rings. The molecular weight excluding hydrogens is 322 g/mol. The van der Waals surface area contributed by atoms with E-state index in [1.807, 2.05) is 37.4 Å². The van der Waals surface area contributed by atoms with Crippen LogP contribution in [0.2, 0.25) is 0 Å². The lowest BCUT2D eigenvalue weighted by molar-refractivity contribution is -0.138. The molecule has 1 aliphatic rings. The zero-order valence-corrected chi connectivity index (χ0v) is 15.6. The maximum Gasteiger partial charge on any atom is 0.225 e. The zero-order chi connectivity index (χ0) is 17.5. The van der Waals surface area contributed by atoms with Crippen LogP contribution in [0, 0.1) is 5.92 Å². The number of benzene rings is 1. The Hall–Kier alpha value is -1.53. The summed E-state index contributed by atoms with van der Waals surface area (Å²) in [6.45, 7) is 2.58. The van der Waals surface area contributed by atoms with Crippen LogP contribution in [0.3, 0.4) is 0 Å². The third-order valence-corrected chi connectivity index (χ3v) is 5.06. The molecule has 0 aromatic heterocycles. The number of amides is 2. The van der Waals surface area contributed by atoms with Crippen LogP contribution in [0.1, 0.15) is 18.4 Å². The minimum atomic E-state index is -0.102. The first-order valence-electron chi connectivity index (χ1n) is 8.32. The van der Waals surface area contributed by atoms with Crippen molar-refractivity contribution >= 4 is 23.6 Å². The molecule has 6 heteroatoms. The molecule has 0 spiro atoms. The van der Waals surface area contributed by atoms with E-state index in [-0.39, 0.29) is 17.7 Å². The summed E-state index contributed by atoms with van der Waals surface area (Å²) in [5.41, 5.74) is 1.09. The number of likely N-dealkylation sites (N-methyl/N-ethyl adjacent to an activating group) is 1. The molecular formula is C18H27N3O2S. The summed E-state index contributed by atoms with van der Waals surface area (Å²) in [7, 11) is 3.97. The van der Waals surface area contributed by atoms with E-state index < -0.39 is 0 Å². The van der Waals surface area contributed by atoms with Crippen LogP contribution in [0.4, 0.5) is 0 Å². The average Bonchev–Trinajstić information content (AvgIpc) is 2.59. The lowest BCUT2D eigenvalue weighted by Gasteiger charge is -2.32. The lowest BCUT2D eigenvalue weighted by atomic mass is 9.96. The molecule has 1 N–H and O–H groups in total. The lowest BCUT2D eigenvalue weighted by Crippen LogP contribution is -2.47. The van der Waals surface area contributed by atoms with Gasteiger partial charge in [-0.15, -0.1) is 11.8 Å². The highest BCUT2D eigenvalue weighted by molar-refractivity contribution is 7.98. The third kappa shape index (κ3) is 5.53. The van der Waals surface area contributed by atoms with Crippen molar-refractivity contribution in [3.05, 3.63) is 29.8 Å². The number of thioether (sulfide) groups is 1. The van der Waals surface area contributed by atoms with Gasteiger partial charge in [-0.1, -0.05) is 12.1 Å². The Bertz CT molecular complexity index is 560. The second-order valence-electron chi connectivity index (χ2n) is 6.44. The van der Waals surface area contributed by atoms with Crippen molar-refractivity contribution in [3.8, 4) is 0 Å². The van der Waals surface area contributed by atoms with Gasteiger partial charge in [0.15, 0.2) is 0 Å². The Labute approximate surface area is 148 Å². The van der Waals surface area contributed by atoms with Gasteiger partial charge in [-0.3, -0.25) is 9.59 Å². The molecule has 1 fully saturated rings. The van der Waals surface area contributed by atoms with Gasteiger partial charge in [-0.25, -0.2) is 0 Å². The molecule has 1 atom stereocenters. The number of hydrogen-bond donors (Lipinski definition) is 1. The summed E-state index contributed by atoms with van der Waals surface area (Å²) in [5, 5.41) is 3.01. The molecule has 132 valence electrons. The summed E-state index contributed by atoms with van der Waals surface area (Å²) in [4.78, 5) is 29.5. The van der Waals surface area contributed by atoms with Crippen molar-refractivity contribution in [3.63, 3.8) is 0 Å². The Morgan fingerprint density at radius 2 is 2.04 bits per heavy atom. The molecule has 0 bridgehead atoms. The van der Waals surface area contributed by atoms with Crippen LogP contribution in [0.15, 0.2) is 29.2 Å². The topological polar surface area (TPSA) is 52.7 Å². The summed E-state index contributed by atoms with van der Waals surface area (Å²) < 4.78 is 0. The Balaban J connectivity index is 1.83. The Morgan fingerprint density at radius 3 is 2.67 bits per heavy atom. The number of carbonyl (C=O) groups is 2. The van der Waals surface area contributed by atoms with Gasteiger partial charge in [-0.2, -0.15) is 0 Å². The molecule has 2 rings (SSSR count). The van der Waals surface area contributed by atoms with Crippen molar-refractivity contribution in [1.29, 1.82) is 0 Å². The molecule has 0 aliphatic carbocycles. The molecule has 0 saturated carbocycles. The van der Waals surface area contributed by atoms with Crippen LogP contribution in [-0.4, -0.2) is 61.6 Å². The van der Waals surface area contributed by atoms with Gasteiger partial charge in [0.25, 0.3) is 0 Å². The van der Waals surface area contributed by atoms with Gasteiger partial charge >= 0.3 is 0 Å². The van der Waals surface area contributed by atoms with Crippen molar-refractivity contribution in [1.82, 2.24) is 15.1 Å². The van der Waals surface area contributed by atoms with Crippen LogP contribution in [0.25, 0.3) is 0 Å². The number of hydrogen-bond acceptors (Lipinski definition) is 4. The molecule has 1 heterocycles. The van der Waals surface area contributed by atoms with Crippen LogP contribution in [0.5, 0.6) is 0 Å². The largest absolute Gasteiger partial charge is 0.352 e. The van der Waals surface area contributed by atoms with E-state index in [0.717, 1.165) is 12.1 Å². The second-order valence-corrected chi connectivity index (χ2v) is 7.32. The summed E-state index contributed by atoms with van der Waals surface area (Å²) in [6.07, 6.45) is 3.16. The van der Waals surface area contributed by atoms with E-state index >= 15 is 0 Å². The third-order valence-electron chi connectivity index (χ3n) is 4.31. The Morgan fingerprint density at radius 1 is 1.33 bits per heavy atom. The number of carbonyl (C=O) groups excluding carboxylic acids is 2. The standard InChI is InChI=1S/C18H27N3O2S/c1-20(2)10-11-21-13-15(6-9-17(21)22)18(23)19-12-14-4-7-16(24-3)8-5-14/h4-5,7-8,15H,6,9-13H2,1-3H3,(H,19,23). The Kier molecular flexibility index (Phi) is 7.12. The zero-order valence-electron chi connectivity index (χ0n) is 14.7. The second kappa shape index (κ2) is 9.08. The van der Waals surface area contributed by atoms with Gasteiger partial charge in [0.05, 0.1) is 5.92 Å². The van der Waals surface area contributed by atoms with E-state index in [2.05, 4.69) is 22.3 Å². The summed E-state index contributed by atoms with van der Waals surface area (Å²) >= 11 is 1.70. The highest BCUT2D eigenvalue weighted by Gasteiger charge is 2.29. The number of nitrogens with one attached hydrogen (secondary N) is 1. The van der Waals surface area contributed by atoms with Crippen molar-refractivity contribution in [2.24, 2.45) is 5.92 Å².